The van der Waals surface area contributed by atoms with Gasteiger partial charge in [-0.2, -0.15) is 0 Å². The van der Waals surface area contributed by atoms with Crippen LogP contribution in [0.5, 0.6) is 0 Å². The van der Waals surface area contributed by atoms with Crippen molar-refractivity contribution in [3.63, 3.8) is 0 Å². The Morgan fingerprint density at radius 3 is 2.56 bits per heavy atom. The Balaban J connectivity index is 2.06. The predicted molar refractivity (Wildman–Crippen MR) is 77.2 cm³/mol. The van der Waals surface area contributed by atoms with Gasteiger partial charge in [-0.15, -0.1) is 11.3 Å². The van der Waals surface area contributed by atoms with Crippen molar-refractivity contribution < 1.29 is 4.79 Å². The molecule has 5 heteroatoms. The molecule has 0 aliphatic heterocycles. The number of carbonyl (C=O) groups is 1. The van der Waals surface area contributed by atoms with Crippen LogP contribution in [0.1, 0.15) is 16.5 Å². The van der Waals surface area contributed by atoms with E-state index in [2.05, 4.69) is 21.2 Å². The molecule has 18 heavy (non-hydrogen) atoms. The summed E-state index contributed by atoms with van der Waals surface area (Å²) in [6.45, 7) is 0.624. The van der Waals surface area contributed by atoms with Crippen LogP contribution in [0, 0.1) is 0 Å². The molecule has 3 nitrogen and oxygen atoms in total. The highest BCUT2D eigenvalue weighted by atomic mass is 79.9. The summed E-state index contributed by atoms with van der Waals surface area (Å²) in [6.07, 6.45) is 0. The summed E-state index contributed by atoms with van der Waals surface area (Å²) in [5.74, 6) is -0.364. The van der Waals surface area contributed by atoms with Crippen molar-refractivity contribution in [3.05, 3.63) is 56.7 Å². The molecule has 0 unspecified atom stereocenters. The van der Waals surface area contributed by atoms with E-state index in [1.807, 2.05) is 42.5 Å². The molecule has 0 spiro atoms. The van der Waals surface area contributed by atoms with E-state index < -0.39 is 6.04 Å². The molecule has 0 aliphatic rings. The number of halogens is 1. The predicted octanol–water partition coefficient (Wildman–Crippen LogP) is 2.83. The first-order chi connectivity index (χ1) is 8.66. The quantitative estimate of drug-likeness (QED) is 0.888. The summed E-state index contributed by atoms with van der Waals surface area (Å²) in [5.41, 5.74) is 6.32. The SMILES string of the molecule is NC(=O)[C@H](NCc1ccc(Br)s1)c1ccccc1. The van der Waals surface area contributed by atoms with Gasteiger partial charge in [-0.05, 0) is 33.6 Å². The Bertz CT molecular complexity index is 527. The van der Waals surface area contributed by atoms with Crippen LogP contribution in [0.4, 0.5) is 0 Å². The van der Waals surface area contributed by atoms with Gasteiger partial charge in [-0.1, -0.05) is 30.3 Å². The van der Waals surface area contributed by atoms with Crippen LogP contribution in [0.25, 0.3) is 0 Å². The van der Waals surface area contributed by atoms with Crippen LogP contribution in [-0.2, 0) is 11.3 Å². The van der Waals surface area contributed by atoms with Crippen LogP contribution >= 0.6 is 27.3 Å². The van der Waals surface area contributed by atoms with Crippen LogP contribution in [0.3, 0.4) is 0 Å². The Labute approximate surface area is 118 Å². The first-order valence-corrected chi connectivity index (χ1v) is 7.09. The molecule has 2 rings (SSSR count). The van der Waals surface area contributed by atoms with E-state index >= 15 is 0 Å². The maximum atomic E-state index is 11.5. The highest BCUT2D eigenvalue weighted by molar-refractivity contribution is 9.11. The monoisotopic (exact) mass is 324 g/mol. The number of benzene rings is 1. The number of nitrogens with one attached hydrogen (secondary N) is 1. The standard InChI is InChI=1S/C13H13BrN2OS/c14-11-7-6-10(18-11)8-16-12(13(15)17)9-4-2-1-3-5-9/h1-7,12,16H,8H2,(H2,15,17)/t12-/m1/s1. The van der Waals surface area contributed by atoms with E-state index in [1.54, 1.807) is 11.3 Å². The highest BCUT2D eigenvalue weighted by Gasteiger charge is 2.16. The van der Waals surface area contributed by atoms with Crippen molar-refractivity contribution in [3.8, 4) is 0 Å². The average Bonchev–Trinajstić information content (AvgIpc) is 2.76. The number of amides is 1. The van der Waals surface area contributed by atoms with E-state index in [0.717, 1.165) is 14.2 Å². The van der Waals surface area contributed by atoms with Crippen molar-refractivity contribution >= 4 is 33.2 Å². The van der Waals surface area contributed by atoms with Gasteiger partial charge in [0, 0.05) is 11.4 Å². The number of hydrogen-bond donors (Lipinski definition) is 2. The Kier molecular flexibility index (Phi) is 4.52. The van der Waals surface area contributed by atoms with E-state index in [1.165, 1.54) is 0 Å². The first-order valence-electron chi connectivity index (χ1n) is 5.48. The number of rotatable bonds is 5. The molecule has 0 bridgehead atoms. The van der Waals surface area contributed by atoms with Gasteiger partial charge in [0.05, 0.1) is 3.79 Å². The third-order valence-electron chi connectivity index (χ3n) is 2.53. The summed E-state index contributed by atoms with van der Waals surface area (Å²) in [6, 6.07) is 13.1. The van der Waals surface area contributed by atoms with Gasteiger partial charge in [0.1, 0.15) is 6.04 Å². The fraction of sp³-hybridized carbons (Fsp3) is 0.154. The molecule has 1 amide bonds. The molecular weight excluding hydrogens is 312 g/mol. The minimum absolute atomic E-state index is 0.364. The maximum Gasteiger partial charge on any atom is 0.239 e. The Hall–Kier alpha value is -1.17. The average molecular weight is 325 g/mol. The van der Waals surface area contributed by atoms with Crippen LogP contribution in [-0.4, -0.2) is 5.91 Å². The van der Waals surface area contributed by atoms with Crippen molar-refractivity contribution in [2.45, 2.75) is 12.6 Å². The lowest BCUT2D eigenvalue weighted by atomic mass is 10.1. The van der Waals surface area contributed by atoms with Crippen LogP contribution in [0.15, 0.2) is 46.3 Å². The lowest BCUT2D eigenvalue weighted by Gasteiger charge is -2.15. The van der Waals surface area contributed by atoms with Gasteiger partial charge in [-0.25, -0.2) is 0 Å². The normalized spacial score (nSPS) is 12.3. The minimum Gasteiger partial charge on any atom is -0.368 e. The van der Waals surface area contributed by atoms with Crippen LogP contribution < -0.4 is 11.1 Å². The van der Waals surface area contributed by atoms with Gasteiger partial charge in [0.25, 0.3) is 0 Å². The Morgan fingerprint density at radius 2 is 2.00 bits per heavy atom. The second-order valence-electron chi connectivity index (χ2n) is 3.83. The minimum atomic E-state index is -0.452. The number of carbonyl (C=O) groups excluding carboxylic acids is 1. The number of thiophene rings is 1. The number of nitrogens with two attached hydrogens (primary N) is 1. The van der Waals surface area contributed by atoms with Gasteiger partial charge < -0.3 is 5.73 Å². The van der Waals surface area contributed by atoms with Gasteiger partial charge in [-0.3, -0.25) is 10.1 Å². The summed E-state index contributed by atoms with van der Waals surface area (Å²) in [4.78, 5) is 12.6. The molecular formula is C13H13BrN2OS. The third-order valence-corrected chi connectivity index (χ3v) is 4.15. The van der Waals surface area contributed by atoms with Gasteiger partial charge in [0.2, 0.25) is 5.91 Å². The molecule has 94 valence electrons. The molecule has 3 N–H and O–H groups in total. The zero-order valence-corrected chi connectivity index (χ0v) is 12.0. The lowest BCUT2D eigenvalue weighted by Crippen LogP contribution is -2.33. The maximum absolute atomic E-state index is 11.5. The summed E-state index contributed by atoms with van der Waals surface area (Å²) >= 11 is 5.05. The molecule has 1 aromatic heterocycles. The zero-order valence-electron chi connectivity index (χ0n) is 9.60. The second-order valence-corrected chi connectivity index (χ2v) is 6.38. The molecule has 1 heterocycles. The summed E-state index contributed by atoms with van der Waals surface area (Å²) in [5, 5.41) is 3.18. The van der Waals surface area contributed by atoms with E-state index in [0.29, 0.717) is 6.54 Å². The van der Waals surface area contributed by atoms with Gasteiger partial charge in [0.15, 0.2) is 0 Å². The molecule has 0 saturated carbocycles. The molecule has 1 atom stereocenters. The molecule has 0 radical (unpaired) electrons. The first kappa shape index (κ1) is 13.3. The van der Waals surface area contributed by atoms with E-state index in [9.17, 15) is 4.79 Å². The number of primary amides is 1. The van der Waals surface area contributed by atoms with E-state index in [4.69, 9.17) is 5.73 Å². The molecule has 2 aromatic rings. The molecule has 1 aromatic carbocycles. The summed E-state index contributed by atoms with van der Waals surface area (Å²) in [7, 11) is 0. The van der Waals surface area contributed by atoms with Crippen molar-refractivity contribution in [1.29, 1.82) is 0 Å². The topological polar surface area (TPSA) is 55.1 Å². The zero-order chi connectivity index (χ0) is 13.0. The van der Waals surface area contributed by atoms with E-state index in [-0.39, 0.29) is 5.91 Å². The fourth-order valence-electron chi connectivity index (χ4n) is 1.68. The molecule has 0 aliphatic carbocycles. The lowest BCUT2D eigenvalue weighted by molar-refractivity contribution is -0.120. The third kappa shape index (κ3) is 3.41. The summed E-state index contributed by atoms with van der Waals surface area (Å²) < 4.78 is 1.08. The number of hydrogen-bond acceptors (Lipinski definition) is 3. The van der Waals surface area contributed by atoms with Gasteiger partial charge >= 0.3 is 0 Å². The fourth-order valence-corrected chi connectivity index (χ4v) is 3.11. The van der Waals surface area contributed by atoms with Crippen molar-refractivity contribution in [2.75, 3.05) is 0 Å². The Morgan fingerprint density at radius 1 is 1.28 bits per heavy atom. The largest absolute Gasteiger partial charge is 0.368 e. The molecule has 0 saturated heterocycles. The van der Waals surface area contributed by atoms with Crippen LogP contribution in [0.2, 0.25) is 0 Å². The molecule has 0 fully saturated rings. The van der Waals surface area contributed by atoms with Crippen molar-refractivity contribution in [2.24, 2.45) is 5.73 Å². The highest BCUT2D eigenvalue weighted by Crippen LogP contribution is 2.22. The van der Waals surface area contributed by atoms with Crippen molar-refractivity contribution in [1.82, 2.24) is 5.32 Å². The second kappa shape index (κ2) is 6.13. The smallest absolute Gasteiger partial charge is 0.239 e.